The second-order valence-corrected chi connectivity index (χ2v) is 15.1. The maximum Gasteiger partial charge on any atom is 0.246 e. The fourth-order valence-electron chi connectivity index (χ4n) is 6.72. The number of hydrogen-bond donors (Lipinski definition) is 7. The third-order valence-corrected chi connectivity index (χ3v) is 10.4. The van der Waals surface area contributed by atoms with E-state index in [2.05, 4.69) is 16.0 Å². The van der Waals surface area contributed by atoms with Crippen molar-refractivity contribution in [3.8, 4) is 0 Å². The van der Waals surface area contributed by atoms with E-state index in [4.69, 9.17) is 5.41 Å². The highest BCUT2D eigenvalue weighted by Crippen LogP contribution is 2.31. The van der Waals surface area contributed by atoms with Gasteiger partial charge in [-0.2, -0.15) is 0 Å². The zero-order valence-electron chi connectivity index (χ0n) is 33.4. The third kappa shape index (κ3) is 19.1. The standard InChI is InChI=1S/C38H66N8O10/c1-28-26-36(52)43(37(28)39)27-30-12-14-31(15-13-30)38(53)42-22-8-5-11-25-46(56)35(51)19-17-33(49)41-21-7-4-10-24-45(55)34(50)18-16-32(48)40-20-6-3-9-23-44(54)29(2)47/h28,30-31,39,54-56H,3-27H2,1-2H3,(H,40,48)(H,41,49)(H,42,53). The van der Waals surface area contributed by atoms with Crippen LogP contribution in [0.5, 0.6) is 0 Å². The molecule has 0 aromatic heterocycles. The van der Waals surface area contributed by atoms with Gasteiger partial charge < -0.3 is 20.9 Å². The van der Waals surface area contributed by atoms with Crippen molar-refractivity contribution in [2.75, 3.05) is 45.8 Å². The smallest absolute Gasteiger partial charge is 0.246 e. The molecule has 0 spiro atoms. The number of nitrogens with one attached hydrogen (secondary N) is 4. The highest BCUT2D eigenvalue weighted by molar-refractivity contribution is 6.04. The summed E-state index contributed by atoms with van der Waals surface area (Å²) in [7, 11) is 0. The van der Waals surface area contributed by atoms with Crippen LogP contribution in [0.4, 0.5) is 0 Å². The molecule has 0 aromatic carbocycles. The Morgan fingerprint density at radius 1 is 0.661 bits per heavy atom. The normalized spacial score (nSPS) is 18.0. The lowest BCUT2D eigenvalue weighted by Gasteiger charge is -2.30. The van der Waals surface area contributed by atoms with Gasteiger partial charge in [0, 0.05) is 96.7 Å². The first kappa shape index (κ1) is 48.0. The van der Waals surface area contributed by atoms with E-state index in [-0.39, 0.29) is 80.8 Å². The number of likely N-dealkylation sites (tertiary alicyclic amines) is 1. The second-order valence-electron chi connectivity index (χ2n) is 15.1. The fraction of sp³-hybridized carbons (Fsp3) is 0.789. The van der Waals surface area contributed by atoms with Crippen LogP contribution in [0.2, 0.25) is 0 Å². The van der Waals surface area contributed by atoms with E-state index in [0.29, 0.717) is 117 Å². The van der Waals surface area contributed by atoms with Crippen LogP contribution >= 0.6 is 0 Å². The number of carbonyl (C=O) groups excluding carboxylic acids is 7. The van der Waals surface area contributed by atoms with E-state index in [0.717, 1.165) is 25.7 Å². The Balaban J connectivity index is 1.41. The number of nitrogens with zero attached hydrogens (tertiary/aromatic N) is 4. The van der Waals surface area contributed by atoms with Crippen molar-refractivity contribution in [2.24, 2.45) is 17.8 Å². The van der Waals surface area contributed by atoms with Gasteiger partial charge in [-0.15, -0.1) is 0 Å². The first-order valence-corrected chi connectivity index (χ1v) is 20.3. The van der Waals surface area contributed by atoms with Gasteiger partial charge in [-0.3, -0.25) is 54.6 Å². The quantitative estimate of drug-likeness (QED) is 0.0364. The number of hydrogen-bond acceptors (Lipinski definition) is 11. The van der Waals surface area contributed by atoms with Crippen LogP contribution in [-0.2, 0) is 33.6 Å². The van der Waals surface area contributed by atoms with Gasteiger partial charge >= 0.3 is 0 Å². The molecule has 1 aliphatic heterocycles. The molecule has 1 saturated carbocycles. The SMILES string of the molecule is CC(=O)N(O)CCCCCNC(=O)CCC(=O)N(O)CCCCCNC(=O)CCC(=O)N(O)CCCCCNC(=O)C1CCC(CN2C(=N)C(C)CC2=O)CC1. The number of carbonyl (C=O) groups is 7. The van der Waals surface area contributed by atoms with Crippen LogP contribution < -0.4 is 16.0 Å². The minimum atomic E-state index is -0.565. The van der Waals surface area contributed by atoms with Gasteiger partial charge in [0.1, 0.15) is 5.84 Å². The molecule has 2 aliphatic rings. The van der Waals surface area contributed by atoms with Crippen LogP contribution in [0.15, 0.2) is 0 Å². The fourth-order valence-corrected chi connectivity index (χ4v) is 6.72. The third-order valence-electron chi connectivity index (χ3n) is 10.4. The van der Waals surface area contributed by atoms with Crippen LogP contribution in [0.3, 0.4) is 0 Å². The molecule has 1 heterocycles. The number of amidine groups is 1. The van der Waals surface area contributed by atoms with Gasteiger partial charge in [-0.05, 0) is 89.4 Å². The Bertz CT molecular complexity index is 1310. The molecular weight excluding hydrogens is 728 g/mol. The van der Waals surface area contributed by atoms with Crippen molar-refractivity contribution >= 4 is 47.2 Å². The number of unbranched alkanes of at least 4 members (excludes halogenated alkanes) is 6. The summed E-state index contributed by atoms with van der Waals surface area (Å²) in [4.78, 5) is 85.8. The van der Waals surface area contributed by atoms with Crippen molar-refractivity contribution in [3.63, 3.8) is 0 Å². The highest BCUT2D eigenvalue weighted by Gasteiger charge is 2.35. The van der Waals surface area contributed by atoms with Crippen molar-refractivity contribution < 1.29 is 49.2 Å². The van der Waals surface area contributed by atoms with Gasteiger partial charge in [0.15, 0.2) is 0 Å². The molecule has 1 saturated heterocycles. The lowest BCUT2D eigenvalue weighted by Crippen LogP contribution is -2.38. The van der Waals surface area contributed by atoms with E-state index in [1.807, 2.05) is 6.92 Å². The Hall–Kier alpha value is -4.16. The van der Waals surface area contributed by atoms with Gasteiger partial charge in [0.25, 0.3) is 0 Å². The monoisotopic (exact) mass is 794 g/mol. The summed E-state index contributed by atoms with van der Waals surface area (Å²) in [5.74, 6) is -1.47. The molecule has 0 aromatic rings. The second kappa shape index (κ2) is 26.6. The largest absolute Gasteiger partial charge is 0.356 e. The number of amides is 7. The minimum absolute atomic E-state index is 0.0210. The maximum absolute atomic E-state index is 12.6. The van der Waals surface area contributed by atoms with Gasteiger partial charge in [-0.25, -0.2) is 15.2 Å². The molecule has 7 amide bonds. The maximum atomic E-state index is 12.6. The van der Waals surface area contributed by atoms with Crippen LogP contribution in [-0.4, -0.2) is 129 Å². The van der Waals surface area contributed by atoms with Crippen LogP contribution in [0.1, 0.15) is 129 Å². The van der Waals surface area contributed by atoms with E-state index >= 15 is 0 Å². The molecule has 1 unspecified atom stereocenters. The average molecular weight is 795 g/mol. The molecule has 318 valence electrons. The molecule has 0 bridgehead atoms. The molecule has 2 rings (SSSR count). The predicted molar refractivity (Wildman–Crippen MR) is 204 cm³/mol. The summed E-state index contributed by atoms with van der Waals surface area (Å²) in [6.07, 6.45) is 8.86. The number of rotatable bonds is 27. The lowest BCUT2D eigenvalue weighted by molar-refractivity contribution is -0.166. The van der Waals surface area contributed by atoms with E-state index in [1.54, 1.807) is 4.90 Å². The van der Waals surface area contributed by atoms with Crippen molar-refractivity contribution in [1.82, 2.24) is 36.0 Å². The molecule has 0 radical (unpaired) electrons. The van der Waals surface area contributed by atoms with Crippen molar-refractivity contribution in [2.45, 2.75) is 129 Å². The number of hydroxylamine groups is 6. The lowest BCUT2D eigenvalue weighted by atomic mass is 9.81. The van der Waals surface area contributed by atoms with Crippen LogP contribution in [0, 0.1) is 23.2 Å². The molecule has 18 nitrogen and oxygen atoms in total. The Labute approximate surface area is 330 Å². The zero-order valence-corrected chi connectivity index (χ0v) is 33.4. The van der Waals surface area contributed by atoms with Crippen LogP contribution in [0.25, 0.3) is 0 Å². The Morgan fingerprint density at radius 2 is 1.11 bits per heavy atom. The van der Waals surface area contributed by atoms with Crippen molar-refractivity contribution in [1.29, 1.82) is 5.41 Å². The molecule has 1 atom stereocenters. The zero-order chi connectivity index (χ0) is 41.5. The predicted octanol–water partition coefficient (Wildman–Crippen LogP) is 2.73. The van der Waals surface area contributed by atoms with E-state index < -0.39 is 17.7 Å². The highest BCUT2D eigenvalue weighted by atomic mass is 16.5. The van der Waals surface area contributed by atoms with E-state index in [9.17, 15) is 49.2 Å². The van der Waals surface area contributed by atoms with Gasteiger partial charge in [0.05, 0.1) is 0 Å². The molecular formula is C38H66N8O10. The van der Waals surface area contributed by atoms with Crippen molar-refractivity contribution in [3.05, 3.63) is 0 Å². The summed E-state index contributed by atoms with van der Waals surface area (Å²) >= 11 is 0. The average Bonchev–Trinajstić information content (AvgIpc) is 3.41. The summed E-state index contributed by atoms with van der Waals surface area (Å²) in [5.41, 5.74) is 0. The minimum Gasteiger partial charge on any atom is -0.356 e. The van der Waals surface area contributed by atoms with E-state index in [1.165, 1.54) is 6.92 Å². The molecule has 18 heteroatoms. The first-order valence-electron chi connectivity index (χ1n) is 20.3. The first-order chi connectivity index (χ1) is 26.7. The Kier molecular flexibility index (Phi) is 22.8. The van der Waals surface area contributed by atoms with Gasteiger partial charge in [0.2, 0.25) is 41.4 Å². The molecule has 56 heavy (non-hydrogen) atoms. The van der Waals surface area contributed by atoms with Gasteiger partial charge in [-0.1, -0.05) is 6.92 Å². The molecule has 2 fully saturated rings. The molecule has 7 N–H and O–H groups in total. The summed E-state index contributed by atoms with van der Waals surface area (Å²) < 4.78 is 0. The summed E-state index contributed by atoms with van der Waals surface area (Å²) in [6.45, 7) is 5.45. The summed E-state index contributed by atoms with van der Waals surface area (Å²) in [5, 5.41) is 47.7. The topological polar surface area (TPSA) is 253 Å². The summed E-state index contributed by atoms with van der Waals surface area (Å²) in [6, 6.07) is 0. The Morgan fingerprint density at radius 3 is 1.54 bits per heavy atom. The molecule has 1 aliphatic carbocycles.